The highest BCUT2D eigenvalue weighted by Gasteiger charge is 2.16. The molecule has 2 nitrogen and oxygen atoms in total. The first-order chi connectivity index (χ1) is 9.11. The maximum absolute atomic E-state index is 13.1. The minimum Gasteiger partial charge on any atom is -0.306 e. The maximum Gasteiger partial charge on any atom is 0.124 e. The number of pyridine rings is 1. The van der Waals surface area contributed by atoms with Crippen molar-refractivity contribution in [2.24, 2.45) is 0 Å². The SMILES string of the molecule is CCNC(c1ccc(C)nc1)c1ccc(F)cc1Cl. The molecule has 1 aromatic heterocycles. The summed E-state index contributed by atoms with van der Waals surface area (Å²) in [5.41, 5.74) is 2.83. The van der Waals surface area contributed by atoms with E-state index in [2.05, 4.69) is 10.3 Å². The minimum absolute atomic E-state index is 0.0776. The molecule has 0 radical (unpaired) electrons. The van der Waals surface area contributed by atoms with Gasteiger partial charge >= 0.3 is 0 Å². The Hall–Kier alpha value is -1.45. The standard InChI is InChI=1S/C15H16ClFN2/c1-3-18-15(11-5-4-10(2)19-9-11)13-7-6-12(17)8-14(13)16/h4-9,15,18H,3H2,1-2H3. The second kappa shape index (κ2) is 6.13. The molecule has 0 bridgehead atoms. The quantitative estimate of drug-likeness (QED) is 0.918. The Balaban J connectivity index is 2.41. The van der Waals surface area contributed by atoms with Crippen LogP contribution in [0.3, 0.4) is 0 Å². The van der Waals surface area contributed by atoms with Crippen LogP contribution in [-0.2, 0) is 0 Å². The van der Waals surface area contributed by atoms with E-state index < -0.39 is 0 Å². The lowest BCUT2D eigenvalue weighted by molar-refractivity contribution is 0.613. The van der Waals surface area contributed by atoms with Crippen LogP contribution in [0.2, 0.25) is 5.02 Å². The Morgan fingerprint density at radius 1 is 1.32 bits per heavy atom. The van der Waals surface area contributed by atoms with Crippen molar-refractivity contribution in [3.8, 4) is 0 Å². The molecule has 1 aromatic carbocycles. The van der Waals surface area contributed by atoms with Gasteiger partial charge in [0.15, 0.2) is 0 Å². The normalized spacial score (nSPS) is 12.4. The van der Waals surface area contributed by atoms with E-state index in [-0.39, 0.29) is 11.9 Å². The summed E-state index contributed by atoms with van der Waals surface area (Å²) in [6.45, 7) is 4.75. The molecule has 0 saturated carbocycles. The number of aromatic nitrogens is 1. The van der Waals surface area contributed by atoms with Crippen LogP contribution < -0.4 is 5.32 Å². The number of rotatable bonds is 4. The lowest BCUT2D eigenvalue weighted by atomic mass is 9.99. The van der Waals surface area contributed by atoms with Gasteiger partial charge in [0.1, 0.15) is 5.82 Å². The molecule has 1 atom stereocenters. The summed E-state index contributed by atoms with van der Waals surface area (Å²) in [6, 6.07) is 8.36. The van der Waals surface area contributed by atoms with Crippen LogP contribution in [-0.4, -0.2) is 11.5 Å². The molecule has 1 unspecified atom stereocenters. The number of benzene rings is 1. The van der Waals surface area contributed by atoms with Gasteiger partial charge in [-0.25, -0.2) is 4.39 Å². The molecule has 100 valence electrons. The Labute approximate surface area is 117 Å². The number of hydrogen-bond donors (Lipinski definition) is 1. The van der Waals surface area contributed by atoms with Crippen molar-refractivity contribution < 1.29 is 4.39 Å². The summed E-state index contributed by atoms with van der Waals surface area (Å²) in [6.07, 6.45) is 1.82. The van der Waals surface area contributed by atoms with E-state index in [1.165, 1.54) is 12.1 Å². The van der Waals surface area contributed by atoms with Crippen molar-refractivity contribution in [1.29, 1.82) is 0 Å². The van der Waals surface area contributed by atoms with Crippen LogP contribution in [0.4, 0.5) is 4.39 Å². The number of halogens is 2. The average molecular weight is 279 g/mol. The lowest BCUT2D eigenvalue weighted by Gasteiger charge is -2.20. The van der Waals surface area contributed by atoms with E-state index in [9.17, 15) is 4.39 Å². The first-order valence-corrected chi connectivity index (χ1v) is 6.60. The van der Waals surface area contributed by atoms with E-state index in [0.29, 0.717) is 5.02 Å². The molecular weight excluding hydrogens is 263 g/mol. The topological polar surface area (TPSA) is 24.9 Å². The molecule has 2 aromatic rings. The molecule has 4 heteroatoms. The second-order valence-corrected chi connectivity index (χ2v) is 4.80. The van der Waals surface area contributed by atoms with E-state index >= 15 is 0 Å². The first kappa shape index (κ1) is 14.0. The predicted octanol–water partition coefficient (Wildman–Crippen LogP) is 3.88. The Morgan fingerprint density at radius 2 is 2.11 bits per heavy atom. The van der Waals surface area contributed by atoms with Gasteiger partial charge in [0.25, 0.3) is 0 Å². The number of aryl methyl sites for hydroxylation is 1. The molecule has 0 saturated heterocycles. The van der Waals surface area contributed by atoms with Gasteiger partial charge in [0, 0.05) is 16.9 Å². The van der Waals surface area contributed by atoms with E-state index in [4.69, 9.17) is 11.6 Å². The van der Waals surface area contributed by atoms with Gasteiger partial charge in [-0.05, 0) is 42.8 Å². The summed E-state index contributed by atoms with van der Waals surface area (Å²) in [5, 5.41) is 3.77. The van der Waals surface area contributed by atoms with Gasteiger partial charge < -0.3 is 5.32 Å². The molecule has 1 heterocycles. The van der Waals surface area contributed by atoms with Crippen molar-refractivity contribution in [2.75, 3.05) is 6.54 Å². The molecule has 0 aliphatic heterocycles. The Morgan fingerprint density at radius 3 is 2.68 bits per heavy atom. The number of nitrogens with zero attached hydrogens (tertiary/aromatic N) is 1. The van der Waals surface area contributed by atoms with E-state index in [1.807, 2.05) is 32.2 Å². The molecule has 1 N–H and O–H groups in total. The predicted molar refractivity (Wildman–Crippen MR) is 75.9 cm³/mol. The van der Waals surface area contributed by atoms with Gasteiger partial charge in [-0.15, -0.1) is 0 Å². The van der Waals surface area contributed by atoms with Crippen molar-refractivity contribution in [3.63, 3.8) is 0 Å². The molecule has 0 fully saturated rings. The molecule has 0 amide bonds. The molecule has 0 aliphatic carbocycles. The zero-order chi connectivity index (χ0) is 13.8. The number of nitrogens with one attached hydrogen (secondary N) is 1. The molecular formula is C15H16ClFN2. The van der Waals surface area contributed by atoms with Crippen molar-refractivity contribution >= 4 is 11.6 Å². The van der Waals surface area contributed by atoms with Crippen molar-refractivity contribution in [1.82, 2.24) is 10.3 Å². The second-order valence-electron chi connectivity index (χ2n) is 4.39. The zero-order valence-electron chi connectivity index (χ0n) is 11.0. The highest BCUT2D eigenvalue weighted by molar-refractivity contribution is 6.31. The summed E-state index contributed by atoms with van der Waals surface area (Å²) >= 11 is 6.14. The van der Waals surface area contributed by atoms with Crippen molar-refractivity contribution in [3.05, 3.63) is 64.2 Å². The zero-order valence-corrected chi connectivity index (χ0v) is 11.7. The first-order valence-electron chi connectivity index (χ1n) is 6.22. The highest BCUT2D eigenvalue weighted by atomic mass is 35.5. The Kier molecular flexibility index (Phi) is 4.51. The fourth-order valence-electron chi connectivity index (χ4n) is 2.00. The van der Waals surface area contributed by atoms with Crippen LogP contribution in [0, 0.1) is 12.7 Å². The summed E-state index contributed by atoms with van der Waals surface area (Å²) in [4.78, 5) is 4.30. The molecule has 0 aliphatic rings. The minimum atomic E-state index is -0.328. The third-order valence-electron chi connectivity index (χ3n) is 2.95. The van der Waals surface area contributed by atoms with Gasteiger partial charge in [0.05, 0.1) is 6.04 Å². The smallest absolute Gasteiger partial charge is 0.124 e. The summed E-state index contributed by atoms with van der Waals surface area (Å²) in [5.74, 6) is -0.328. The van der Waals surface area contributed by atoms with Crippen LogP contribution >= 0.6 is 11.6 Å². The van der Waals surface area contributed by atoms with Crippen LogP contribution in [0.5, 0.6) is 0 Å². The highest BCUT2D eigenvalue weighted by Crippen LogP contribution is 2.28. The van der Waals surface area contributed by atoms with Crippen LogP contribution in [0.15, 0.2) is 36.5 Å². The average Bonchev–Trinajstić information content (AvgIpc) is 2.38. The third-order valence-corrected chi connectivity index (χ3v) is 3.28. The third kappa shape index (κ3) is 3.31. The maximum atomic E-state index is 13.1. The van der Waals surface area contributed by atoms with Gasteiger partial charge in [-0.2, -0.15) is 0 Å². The summed E-state index contributed by atoms with van der Waals surface area (Å²) in [7, 11) is 0. The lowest BCUT2D eigenvalue weighted by Crippen LogP contribution is -2.22. The van der Waals surface area contributed by atoms with Gasteiger partial charge in [-0.3, -0.25) is 4.98 Å². The molecule has 19 heavy (non-hydrogen) atoms. The monoisotopic (exact) mass is 278 g/mol. The van der Waals surface area contributed by atoms with Crippen LogP contribution in [0.1, 0.15) is 29.8 Å². The fraction of sp³-hybridized carbons (Fsp3) is 0.267. The van der Waals surface area contributed by atoms with Gasteiger partial charge in [-0.1, -0.05) is 30.7 Å². The van der Waals surface area contributed by atoms with Crippen LogP contribution in [0.25, 0.3) is 0 Å². The summed E-state index contributed by atoms with van der Waals surface area (Å²) < 4.78 is 13.1. The number of hydrogen-bond acceptors (Lipinski definition) is 2. The fourth-order valence-corrected chi connectivity index (χ4v) is 2.27. The molecule has 2 rings (SSSR count). The van der Waals surface area contributed by atoms with Crippen molar-refractivity contribution in [2.45, 2.75) is 19.9 Å². The van der Waals surface area contributed by atoms with E-state index in [0.717, 1.165) is 23.4 Å². The Bertz CT molecular complexity index is 555. The molecule has 0 spiro atoms. The van der Waals surface area contributed by atoms with Gasteiger partial charge in [0.2, 0.25) is 0 Å². The van der Waals surface area contributed by atoms with E-state index in [1.54, 1.807) is 6.07 Å². The largest absolute Gasteiger partial charge is 0.306 e.